The number of aliphatic hydroxyl groups excluding tert-OH is 1. The topological polar surface area (TPSA) is 63.3 Å². The van der Waals surface area contributed by atoms with Crippen LogP contribution in [0.4, 0.5) is 0 Å². The molecule has 4 nitrogen and oxygen atoms in total. The number of allylic oxidation sites excluding steroid dienone is 2. The first-order chi connectivity index (χ1) is 16.6. The Hall–Kier alpha value is -2.71. The number of hydrogen-bond acceptors (Lipinski definition) is 4. The second-order valence-electron chi connectivity index (χ2n) is 12.2. The number of ketones is 1. The molecule has 4 aromatic rings. The minimum atomic E-state index is -0.417. The number of hydrogen-bond donors (Lipinski definition) is 1. The van der Waals surface area contributed by atoms with Crippen LogP contribution in [0.1, 0.15) is 67.9 Å². The van der Waals surface area contributed by atoms with Crippen molar-refractivity contribution in [2.24, 2.45) is 10.8 Å². The van der Waals surface area contributed by atoms with E-state index in [1.54, 1.807) is 6.20 Å². The van der Waals surface area contributed by atoms with Crippen LogP contribution in [0, 0.1) is 16.9 Å². The molecule has 0 amide bonds. The number of para-hydroxylation sites is 1. The summed E-state index contributed by atoms with van der Waals surface area (Å²) in [5.74, 6) is 0.104. The zero-order valence-electron chi connectivity index (χ0n) is 23.3. The Bertz CT molecular complexity index is 1400. The summed E-state index contributed by atoms with van der Waals surface area (Å²) in [5.41, 5.74) is 4.09. The third kappa shape index (κ3) is 7.20. The first-order valence-corrected chi connectivity index (χ1v) is 12.3. The van der Waals surface area contributed by atoms with Crippen LogP contribution in [0.3, 0.4) is 0 Å². The minimum Gasteiger partial charge on any atom is -0.512 e. The molecule has 0 aliphatic heterocycles. The predicted octanol–water partition coefficient (Wildman–Crippen LogP) is 8.83. The Labute approximate surface area is 235 Å². The molecule has 0 unspecified atom stereocenters. The molecule has 0 atom stereocenters. The summed E-state index contributed by atoms with van der Waals surface area (Å²) in [6.45, 7) is 17.8. The molecule has 0 aliphatic rings. The number of carbonyl (C=O) groups is 1. The van der Waals surface area contributed by atoms with Crippen LogP contribution in [0.2, 0.25) is 0 Å². The van der Waals surface area contributed by atoms with Gasteiger partial charge in [0.15, 0.2) is 5.78 Å². The van der Waals surface area contributed by atoms with E-state index in [4.69, 9.17) is 4.42 Å². The second-order valence-corrected chi connectivity index (χ2v) is 12.2. The van der Waals surface area contributed by atoms with Crippen molar-refractivity contribution in [2.45, 2.75) is 67.7 Å². The molecule has 2 aromatic carbocycles. The fourth-order valence-corrected chi connectivity index (χ4v) is 3.62. The maximum absolute atomic E-state index is 11.5. The van der Waals surface area contributed by atoms with Gasteiger partial charge in [0.25, 0.3) is 0 Å². The van der Waals surface area contributed by atoms with Gasteiger partial charge >= 0.3 is 0 Å². The average Bonchev–Trinajstić information content (AvgIpc) is 3.17. The second kappa shape index (κ2) is 11.4. The number of aromatic nitrogens is 1. The van der Waals surface area contributed by atoms with Gasteiger partial charge in [0.05, 0.1) is 5.58 Å². The van der Waals surface area contributed by atoms with Gasteiger partial charge < -0.3 is 14.5 Å². The number of nitrogens with zero attached hydrogens (tertiary/aromatic N) is 1. The zero-order chi connectivity index (χ0) is 26.9. The normalized spacial score (nSPS) is 12.6. The molecule has 0 saturated carbocycles. The van der Waals surface area contributed by atoms with Gasteiger partial charge in [-0.1, -0.05) is 104 Å². The van der Waals surface area contributed by atoms with E-state index in [1.807, 2.05) is 71.9 Å². The van der Waals surface area contributed by atoms with E-state index in [0.29, 0.717) is 0 Å². The van der Waals surface area contributed by atoms with Gasteiger partial charge in [-0.25, -0.2) is 0 Å². The molecule has 1 N–H and O–H groups in total. The van der Waals surface area contributed by atoms with Crippen LogP contribution in [-0.4, -0.2) is 15.9 Å². The van der Waals surface area contributed by atoms with E-state index in [0.717, 1.165) is 27.8 Å². The van der Waals surface area contributed by atoms with E-state index in [9.17, 15) is 9.90 Å². The van der Waals surface area contributed by atoms with Crippen LogP contribution in [0.15, 0.2) is 71.0 Å². The molecule has 0 bridgehead atoms. The van der Waals surface area contributed by atoms with Gasteiger partial charge in [-0.15, -0.1) is 17.7 Å². The Morgan fingerprint density at radius 1 is 0.919 bits per heavy atom. The largest absolute Gasteiger partial charge is 0.512 e. The molecule has 5 heteroatoms. The van der Waals surface area contributed by atoms with Crippen molar-refractivity contribution in [3.63, 3.8) is 0 Å². The monoisotopic (exact) mass is 679 g/mol. The van der Waals surface area contributed by atoms with Gasteiger partial charge in [0, 0.05) is 49.6 Å². The Kier molecular flexibility index (Phi) is 9.36. The van der Waals surface area contributed by atoms with Crippen molar-refractivity contribution in [1.82, 2.24) is 4.98 Å². The Morgan fingerprint density at radius 3 is 2.08 bits per heavy atom. The molecule has 0 saturated heterocycles. The Morgan fingerprint density at radius 2 is 1.54 bits per heavy atom. The van der Waals surface area contributed by atoms with Crippen molar-refractivity contribution in [1.29, 1.82) is 0 Å². The van der Waals surface area contributed by atoms with Crippen LogP contribution in [0.5, 0.6) is 0 Å². The summed E-state index contributed by atoms with van der Waals surface area (Å²) >= 11 is 0. The average molecular weight is 680 g/mol. The van der Waals surface area contributed by atoms with E-state index in [1.165, 1.54) is 17.0 Å². The van der Waals surface area contributed by atoms with Crippen LogP contribution < -0.4 is 0 Å². The third-order valence-electron chi connectivity index (χ3n) is 5.96. The van der Waals surface area contributed by atoms with E-state index in [-0.39, 0.29) is 43.4 Å². The van der Waals surface area contributed by atoms with Crippen molar-refractivity contribution in [3.05, 3.63) is 78.2 Å². The SMILES string of the molecule is CC(C)(C)C(=O)/C=C(\O)C(C)(C)C.CC(C)(C)c1c[c-]c(-c2ccccn2)c2oc3ccccc3c12.[Pt]. The summed E-state index contributed by atoms with van der Waals surface area (Å²) in [6, 6.07) is 19.6. The van der Waals surface area contributed by atoms with Gasteiger partial charge in [-0.05, 0) is 23.2 Å². The zero-order valence-corrected chi connectivity index (χ0v) is 25.6. The van der Waals surface area contributed by atoms with E-state index in [2.05, 4.69) is 50.0 Å². The van der Waals surface area contributed by atoms with Crippen molar-refractivity contribution < 1.29 is 35.4 Å². The van der Waals surface area contributed by atoms with E-state index >= 15 is 0 Å². The van der Waals surface area contributed by atoms with Crippen molar-refractivity contribution in [3.8, 4) is 11.3 Å². The first kappa shape index (κ1) is 30.5. The molecule has 2 heterocycles. The molecular weight excluding hydrogens is 641 g/mol. The summed E-state index contributed by atoms with van der Waals surface area (Å²) in [5, 5.41) is 11.9. The summed E-state index contributed by atoms with van der Waals surface area (Å²) in [7, 11) is 0. The molecule has 0 spiro atoms. The van der Waals surface area contributed by atoms with Gasteiger partial charge in [0.1, 0.15) is 11.3 Å². The number of benzene rings is 2. The maximum Gasteiger partial charge on any atom is 0.164 e. The molecule has 4 rings (SSSR count). The summed E-state index contributed by atoms with van der Waals surface area (Å²) in [4.78, 5) is 16.0. The van der Waals surface area contributed by atoms with Gasteiger partial charge in [-0.2, -0.15) is 0 Å². The molecular formula is C32H38NO3Pt-. The molecule has 37 heavy (non-hydrogen) atoms. The number of pyridine rings is 1. The fourth-order valence-electron chi connectivity index (χ4n) is 3.62. The van der Waals surface area contributed by atoms with Gasteiger partial charge in [0.2, 0.25) is 0 Å². The van der Waals surface area contributed by atoms with Crippen LogP contribution >= 0.6 is 0 Å². The number of fused-ring (bicyclic) bond motifs is 3. The minimum absolute atomic E-state index is 0. The predicted molar refractivity (Wildman–Crippen MR) is 149 cm³/mol. The third-order valence-corrected chi connectivity index (χ3v) is 5.96. The number of aliphatic hydroxyl groups is 1. The smallest absolute Gasteiger partial charge is 0.164 e. The number of rotatable bonds is 2. The van der Waals surface area contributed by atoms with Crippen molar-refractivity contribution >= 4 is 27.7 Å². The number of furan rings is 1. The van der Waals surface area contributed by atoms with Crippen molar-refractivity contribution in [2.75, 3.05) is 0 Å². The van der Waals surface area contributed by atoms with Crippen LogP contribution in [0.25, 0.3) is 33.2 Å². The molecule has 2 aromatic heterocycles. The van der Waals surface area contributed by atoms with E-state index < -0.39 is 5.41 Å². The Balaban J connectivity index is 0.000000299. The van der Waals surface area contributed by atoms with Gasteiger partial charge in [-0.3, -0.25) is 4.79 Å². The summed E-state index contributed by atoms with van der Waals surface area (Å²) in [6.07, 6.45) is 3.13. The fraction of sp³-hybridized carbons (Fsp3) is 0.375. The quantitative estimate of drug-likeness (QED) is 0.131. The molecule has 0 aliphatic carbocycles. The first-order valence-electron chi connectivity index (χ1n) is 12.3. The molecule has 0 fully saturated rings. The molecule has 200 valence electrons. The standard InChI is InChI=1S/C21H18NO.C11H20O2.Pt/c1-21(2,3)16-12-11-14(17-9-6-7-13-22-17)20-19(16)15-8-4-5-10-18(15)23-20;1-10(2,3)8(12)7-9(13)11(4,5)6;/h4-10,12-13H,1-3H3;7,12H,1-6H3;/q-1;;/b;8-7-;. The maximum atomic E-state index is 11.5. The summed E-state index contributed by atoms with van der Waals surface area (Å²) < 4.78 is 6.20. The number of carbonyl (C=O) groups excluding carboxylic acids is 1. The molecule has 0 radical (unpaired) electrons. The van der Waals surface area contributed by atoms with Crippen LogP contribution in [-0.2, 0) is 31.3 Å².